The average molecular weight is 284 g/mol. The molecule has 0 saturated carbocycles. The number of benzene rings is 1. The topological polar surface area (TPSA) is 30.0 Å². The van der Waals surface area contributed by atoms with Gasteiger partial charge in [0.1, 0.15) is 5.15 Å². The minimum atomic E-state index is -0.432. The Morgan fingerprint density at radius 2 is 1.82 bits per heavy atom. The van der Waals surface area contributed by atoms with Crippen LogP contribution >= 0.6 is 35.8 Å². The summed E-state index contributed by atoms with van der Waals surface area (Å²) in [7, 11) is 0. The molecule has 2 rings (SSSR count). The summed E-state index contributed by atoms with van der Waals surface area (Å²) >= 11 is 15.8. The van der Waals surface area contributed by atoms with Crippen LogP contribution in [0.1, 0.15) is 10.4 Å². The highest BCUT2D eigenvalue weighted by molar-refractivity contribution is 7.97. The number of hydrogen-bond acceptors (Lipinski definition) is 2. The highest BCUT2D eigenvalue weighted by Crippen LogP contribution is 2.33. The van der Waals surface area contributed by atoms with Crippen LogP contribution in [0.25, 0.3) is 11.1 Å². The molecule has 0 unspecified atom stereocenters. The fourth-order valence-corrected chi connectivity index (χ4v) is 2.32. The van der Waals surface area contributed by atoms with Crippen molar-refractivity contribution in [2.45, 2.75) is 0 Å². The van der Waals surface area contributed by atoms with Gasteiger partial charge in [-0.25, -0.2) is 4.98 Å². The number of carbonyl (C=O) groups excluding carboxylic acids is 1. The SMILES string of the molecule is O=C(S)c1c(-c2ccccc2Cl)ccnc1Cl. The summed E-state index contributed by atoms with van der Waals surface area (Å²) in [5.74, 6) is 0. The summed E-state index contributed by atoms with van der Waals surface area (Å²) < 4.78 is 0. The van der Waals surface area contributed by atoms with E-state index in [-0.39, 0.29) is 10.7 Å². The van der Waals surface area contributed by atoms with E-state index in [0.29, 0.717) is 10.6 Å². The Hall–Kier alpha value is -1.03. The second-order valence-corrected chi connectivity index (χ2v) is 4.48. The maximum atomic E-state index is 11.5. The van der Waals surface area contributed by atoms with Crippen molar-refractivity contribution in [1.29, 1.82) is 0 Å². The van der Waals surface area contributed by atoms with Gasteiger partial charge >= 0.3 is 0 Å². The lowest BCUT2D eigenvalue weighted by atomic mass is 10.0. The number of pyridine rings is 1. The highest BCUT2D eigenvalue weighted by atomic mass is 35.5. The average Bonchev–Trinajstić information content (AvgIpc) is 2.28. The minimum Gasteiger partial charge on any atom is -0.282 e. The molecule has 1 aromatic heterocycles. The molecule has 0 aliphatic heterocycles. The fourth-order valence-electron chi connectivity index (χ4n) is 1.54. The molecular weight excluding hydrogens is 277 g/mol. The third-order valence-electron chi connectivity index (χ3n) is 2.28. The number of hydrogen-bond donors (Lipinski definition) is 1. The number of nitrogens with zero attached hydrogens (tertiary/aromatic N) is 1. The molecule has 0 amide bonds. The van der Waals surface area contributed by atoms with E-state index in [4.69, 9.17) is 23.2 Å². The summed E-state index contributed by atoms with van der Waals surface area (Å²) in [6, 6.07) is 8.90. The van der Waals surface area contributed by atoms with Crippen LogP contribution in [0.3, 0.4) is 0 Å². The van der Waals surface area contributed by atoms with Crippen molar-refractivity contribution in [3.8, 4) is 11.1 Å². The molecule has 1 heterocycles. The normalized spacial score (nSPS) is 10.3. The minimum absolute atomic E-state index is 0.127. The fraction of sp³-hybridized carbons (Fsp3) is 0. The number of thiol groups is 1. The molecule has 0 saturated heterocycles. The maximum Gasteiger partial charge on any atom is 0.220 e. The summed E-state index contributed by atoms with van der Waals surface area (Å²) in [5, 5.41) is 0.242. The first-order valence-corrected chi connectivity index (χ1v) is 5.94. The van der Waals surface area contributed by atoms with Crippen molar-refractivity contribution in [2.75, 3.05) is 0 Å². The zero-order chi connectivity index (χ0) is 12.4. The highest BCUT2D eigenvalue weighted by Gasteiger charge is 2.16. The molecule has 0 radical (unpaired) electrons. The van der Waals surface area contributed by atoms with Gasteiger partial charge in [0.05, 0.1) is 5.56 Å². The lowest BCUT2D eigenvalue weighted by molar-refractivity contribution is 0.109. The Bertz CT molecular complexity index is 586. The van der Waals surface area contributed by atoms with Crippen LogP contribution in [-0.4, -0.2) is 10.1 Å². The lowest BCUT2D eigenvalue weighted by Crippen LogP contribution is -1.97. The van der Waals surface area contributed by atoms with Gasteiger partial charge in [0, 0.05) is 16.8 Å². The van der Waals surface area contributed by atoms with Crippen LogP contribution in [0.4, 0.5) is 0 Å². The zero-order valence-corrected chi connectivity index (χ0v) is 10.9. The van der Waals surface area contributed by atoms with Gasteiger partial charge in [0.15, 0.2) is 0 Å². The summed E-state index contributed by atoms with van der Waals surface area (Å²) in [5.41, 5.74) is 1.64. The third-order valence-corrected chi connectivity index (χ3v) is 3.12. The van der Waals surface area contributed by atoms with Gasteiger partial charge in [-0.1, -0.05) is 41.4 Å². The smallest absolute Gasteiger partial charge is 0.220 e. The number of rotatable bonds is 2. The van der Waals surface area contributed by atoms with Crippen LogP contribution < -0.4 is 0 Å². The van der Waals surface area contributed by atoms with Crippen LogP contribution in [-0.2, 0) is 0 Å². The van der Waals surface area contributed by atoms with Crippen molar-refractivity contribution < 1.29 is 4.79 Å². The molecule has 2 nitrogen and oxygen atoms in total. The first-order chi connectivity index (χ1) is 8.11. The Morgan fingerprint density at radius 1 is 1.12 bits per heavy atom. The summed E-state index contributed by atoms with van der Waals surface area (Å²) in [6.45, 7) is 0. The molecule has 0 aliphatic rings. The Balaban J connectivity index is 2.72. The molecule has 5 heteroatoms. The van der Waals surface area contributed by atoms with Crippen LogP contribution in [0.2, 0.25) is 10.2 Å². The Labute approximate surface area is 114 Å². The Morgan fingerprint density at radius 3 is 2.47 bits per heavy atom. The maximum absolute atomic E-state index is 11.5. The second kappa shape index (κ2) is 5.08. The monoisotopic (exact) mass is 283 g/mol. The predicted octanol–water partition coefficient (Wildman–Crippen LogP) is 4.13. The van der Waals surface area contributed by atoms with Crippen molar-refractivity contribution in [3.63, 3.8) is 0 Å². The first-order valence-electron chi connectivity index (χ1n) is 4.74. The van der Waals surface area contributed by atoms with E-state index >= 15 is 0 Å². The van der Waals surface area contributed by atoms with Gasteiger partial charge in [0.25, 0.3) is 0 Å². The van der Waals surface area contributed by atoms with E-state index in [1.807, 2.05) is 18.2 Å². The van der Waals surface area contributed by atoms with E-state index in [1.54, 1.807) is 12.1 Å². The molecule has 0 spiro atoms. The number of aromatic nitrogens is 1. The molecule has 0 bridgehead atoms. The molecule has 0 N–H and O–H groups in total. The van der Waals surface area contributed by atoms with E-state index in [0.717, 1.165) is 5.56 Å². The lowest BCUT2D eigenvalue weighted by Gasteiger charge is -2.09. The van der Waals surface area contributed by atoms with E-state index in [2.05, 4.69) is 17.6 Å². The van der Waals surface area contributed by atoms with Crippen molar-refractivity contribution in [3.05, 3.63) is 52.3 Å². The second-order valence-electron chi connectivity index (χ2n) is 3.31. The largest absolute Gasteiger partial charge is 0.282 e. The van der Waals surface area contributed by atoms with Crippen molar-refractivity contribution >= 4 is 40.9 Å². The van der Waals surface area contributed by atoms with E-state index in [1.165, 1.54) is 6.20 Å². The molecule has 0 fully saturated rings. The molecule has 0 aliphatic carbocycles. The predicted molar refractivity (Wildman–Crippen MR) is 73.0 cm³/mol. The van der Waals surface area contributed by atoms with Gasteiger partial charge < -0.3 is 0 Å². The molecule has 17 heavy (non-hydrogen) atoms. The third kappa shape index (κ3) is 2.46. The van der Waals surface area contributed by atoms with E-state index < -0.39 is 5.12 Å². The molecule has 1 aromatic carbocycles. The molecule has 2 aromatic rings. The van der Waals surface area contributed by atoms with Crippen LogP contribution in [0, 0.1) is 0 Å². The van der Waals surface area contributed by atoms with Gasteiger partial charge in [-0.15, -0.1) is 12.6 Å². The van der Waals surface area contributed by atoms with Crippen LogP contribution in [0.15, 0.2) is 36.5 Å². The first kappa shape index (κ1) is 12.4. The number of carbonyl (C=O) groups is 1. The van der Waals surface area contributed by atoms with Gasteiger partial charge in [-0.3, -0.25) is 4.79 Å². The van der Waals surface area contributed by atoms with Crippen LogP contribution in [0.5, 0.6) is 0 Å². The zero-order valence-electron chi connectivity index (χ0n) is 8.52. The van der Waals surface area contributed by atoms with Gasteiger partial charge in [-0.2, -0.15) is 0 Å². The number of halogens is 2. The standard InChI is InChI=1S/C12H7Cl2NOS/c13-9-4-2-1-3-7(9)8-5-6-15-11(14)10(8)12(16)17/h1-6H,(H,16,17). The quantitative estimate of drug-likeness (QED) is 0.664. The van der Waals surface area contributed by atoms with Gasteiger partial charge in [-0.05, 0) is 17.7 Å². The summed E-state index contributed by atoms with van der Waals surface area (Å²) in [6.07, 6.45) is 1.53. The molecular formula is C12H7Cl2NOS. The van der Waals surface area contributed by atoms with Crippen molar-refractivity contribution in [2.24, 2.45) is 0 Å². The van der Waals surface area contributed by atoms with E-state index in [9.17, 15) is 4.79 Å². The Kier molecular flexibility index (Phi) is 3.72. The molecule has 0 atom stereocenters. The van der Waals surface area contributed by atoms with Gasteiger partial charge in [0.2, 0.25) is 5.12 Å². The molecule has 86 valence electrons. The van der Waals surface area contributed by atoms with Crippen molar-refractivity contribution in [1.82, 2.24) is 4.98 Å². The summed E-state index contributed by atoms with van der Waals surface area (Å²) in [4.78, 5) is 15.3.